The van der Waals surface area contributed by atoms with Crippen molar-refractivity contribution in [2.24, 2.45) is 5.92 Å². The number of nitrogens with one attached hydrogen (secondary N) is 1. The first kappa shape index (κ1) is 14.3. The van der Waals surface area contributed by atoms with E-state index in [1.165, 1.54) is 13.3 Å². The molecule has 0 aromatic carbocycles. The highest BCUT2D eigenvalue weighted by Crippen LogP contribution is 2.32. The lowest BCUT2D eigenvalue weighted by Gasteiger charge is -2.14. The van der Waals surface area contributed by atoms with E-state index in [4.69, 9.17) is 16.3 Å². The van der Waals surface area contributed by atoms with Gasteiger partial charge in [-0.3, -0.25) is 0 Å². The summed E-state index contributed by atoms with van der Waals surface area (Å²) in [6, 6.07) is 0. The maximum atomic E-state index is 11.6. The van der Waals surface area contributed by atoms with Gasteiger partial charge in [-0.2, -0.15) is 0 Å². The number of carbonyl (C=O) groups is 1. The lowest BCUT2D eigenvalue weighted by atomic mass is 10.2. The van der Waals surface area contributed by atoms with Crippen LogP contribution in [0.15, 0.2) is 10.7 Å². The van der Waals surface area contributed by atoms with E-state index in [1.54, 1.807) is 0 Å². The first-order valence-electron chi connectivity index (χ1n) is 5.13. The van der Waals surface area contributed by atoms with E-state index in [2.05, 4.69) is 40.1 Å². The number of hydrogen-bond donors (Lipinski definition) is 1. The molecule has 1 N–H and O–H groups in total. The molecule has 0 spiro atoms. The van der Waals surface area contributed by atoms with Crippen LogP contribution in [0.2, 0.25) is 5.15 Å². The second-order valence-corrected chi connectivity index (χ2v) is 5.07. The maximum absolute atomic E-state index is 11.6. The van der Waals surface area contributed by atoms with Crippen molar-refractivity contribution < 1.29 is 9.53 Å². The van der Waals surface area contributed by atoms with Crippen LogP contribution in [0, 0.1) is 5.92 Å². The molecule has 0 amide bonds. The van der Waals surface area contributed by atoms with Crippen molar-refractivity contribution in [2.75, 3.05) is 19.0 Å². The van der Waals surface area contributed by atoms with Crippen molar-refractivity contribution in [1.29, 1.82) is 0 Å². The number of carbonyl (C=O) groups excluding carboxylic acids is 1. The Kier molecular flexibility index (Phi) is 5.21. The molecular formula is C11H14BrClN2O2. The van der Waals surface area contributed by atoms with Crippen LogP contribution in [0.3, 0.4) is 0 Å². The van der Waals surface area contributed by atoms with Crippen LogP contribution in [-0.4, -0.2) is 24.6 Å². The minimum Gasteiger partial charge on any atom is -0.465 e. The largest absolute Gasteiger partial charge is 0.465 e. The molecule has 0 saturated heterocycles. The minimum absolute atomic E-state index is 0.309. The topological polar surface area (TPSA) is 51.2 Å². The lowest BCUT2D eigenvalue weighted by Crippen LogP contribution is -2.13. The Bertz CT molecular complexity index is 424. The molecule has 17 heavy (non-hydrogen) atoms. The SMILES string of the molecule is COC(=O)c1cnc(Cl)c(Br)c1NCC(C)C. The van der Waals surface area contributed by atoms with Crippen molar-refractivity contribution >= 4 is 39.2 Å². The molecule has 6 heteroatoms. The van der Waals surface area contributed by atoms with Crippen molar-refractivity contribution in [3.05, 3.63) is 21.4 Å². The van der Waals surface area contributed by atoms with Crippen molar-refractivity contribution in [3.8, 4) is 0 Å². The van der Waals surface area contributed by atoms with Crippen molar-refractivity contribution in [3.63, 3.8) is 0 Å². The van der Waals surface area contributed by atoms with Gasteiger partial charge in [0.1, 0.15) is 10.7 Å². The Hall–Kier alpha value is -0.810. The van der Waals surface area contributed by atoms with Gasteiger partial charge in [-0.15, -0.1) is 0 Å². The average Bonchev–Trinajstić information content (AvgIpc) is 2.29. The summed E-state index contributed by atoms with van der Waals surface area (Å²) in [6.07, 6.45) is 1.40. The van der Waals surface area contributed by atoms with Crippen molar-refractivity contribution in [2.45, 2.75) is 13.8 Å². The number of rotatable bonds is 4. The molecule has 0 radical (unpaired) electrons. The van der Waals surface area contributed by atoms with Gasteiger partial charge in [-0.1, -0.05) is 25.4 Å². The minimum atomic E-state index is -0.443. The van der Waals surface area contributed by atoms with Crippen molar-refractivity contribution in [1.82, 2.24) is 4.98 Å². The average molecular weight is 322 g/mol. The standard InChI is InChI=1S/C11H14BrClN2O2/c1-6(2)4-14-9-7(11(16)17-3)5-15-10(13)8(9)12/h5-6H,4H2,1-3H3,(H,14,15). The first-order valence-corrected chi connectivity index (χ1v) is 6.30. The highest BCUT2D eigenvalue weighted by atomic mass is 79.9. The number of pyridine rings is 1. The summed E-state index contributed by atoms with van der Waals surface area (Å²) in [5.41, 5.74) is 0.981. The fourth-order valence-corrected chi connectivity index (χ4v) is 1.81. The summed E-state index contributed by atoms with van der Waals surface area (Å²) in [6.45, 7) is 4.87. The van der Waals surface area contributed by atoms with Crippen LogP contribution >= 0.6 is 27.5 Å². The van der Waals surface area contributed by atoms with Gasteiger partial charge in [0.2, 0.25) is 0 Å². The first-order chi connectivity index (χ1) is 7.97. The van der Waals surface area contributed by atoms with E-state index in [-0.39, 0.29) is 0 Å². The third kappa shape index (κ3) is 3.57. The molecule has 1 aromatic heterocycles. The number of ether oxygens (including phenoxy) is 1. The summed E-state index contributed by atoms with van der Waals surface area (Å²) in [7, 11) is 1.33. The molecule has 0 unspecified atom stereocenters. The molecule has 0 aliphatic rings. The molecule has 0 aliphatic heterocycles. The predicted molar refractivity (Wildman–Crippen MR) is 71.6 cm³/mol. The van der Waals surface area contributed by atoms with Gasteiger partial charge in [-0.25, -0.2) is 9.78 Å². The normalized spacial score (nSPS) is 10.5. The zero-order valence-corrected chi connectivity index (χ0v) is 12.2. The number of aromatic nitrogens is 1. The van der Waals surface area contributed by atoms with Crippen LogP contribution in [0.1, 0.15) is 24.2 Å². The number of hydrogen-bond acceptors (Lipinski definition) is 4. The summed E-state index contributed by atoms with van der Waals surface area (Å²) in [4.78, 5) is 15.5. The molecule has 0 bridgehead atoms. The number of halogens is 2. The fraction of sp³-hybridized carbons (Fsp3) is 0.455. The van der Waals surface area contributed by atoms with Gasteiger partial charge >= 0.3 is 5.97 Å². The highest BCUT2D eigenvalue weighted by molar-refractivity contribution is 9.10. The quantitative estimate of drug-likeness (QED) is 0.682. The van der Waals surface area contributed by atoms with E-state index < -0.39 is 5.97 Å². The third-order valence-electron chi connectivity index (χ3n) is 2.07. The fourth-order valence-electron chi connectivity index (χ4n) is 1.21. The van der Waals surface area contributed by atoms with Gasteiger partial charge in [0, 0.05) is 12.7 Å². The van der Waals surface area contributed by atoms with E-state index in [1.807, 2.05) is 0 Å². The smallest absolute Gasteiger partial charge is 0.341 e. The van der Waals surface area contributed by atoms with Gasteiger partial charge in [0.05, 0.1) is 17.3 Å². The molecule has 0 aliphatic carbocycles. The van der Waals surface area contributed by atoms with E-state index in [9.17, 15) is 4.79 Å². The zero-order valence-electron chi connectivity index (χ0n) is 9.88. The summed E-state index contributed by atoms with van der Waals surface area (Å²) < 4.78 is 5.27. The molecule has 1 aromatic rings. The Labute approximate surface area is 114 Å². The number of nitrogens with zero attached hydrogens (tertiary/aromatic N) is 1. The summed E-state index contributed by atoms with van der Waals surface area (Å²) >= 11 is 9.21. The van der Waals surface area contributed by atoms with E-state index >= 15 is 0 Å². The molecule has 0 saturated carbocycles. The molecule has 1 heterocycles. The zero-order chi connectivity index (χ0) is 13.0. The Morgan fingerprint density at radius 3 is 2.82 bits per heavy atom. The second kappa shape index (κ2) is 6.21. The molecule has 4 nitrogen and oxygen atoms in total. The molecule has 0 atom stereocenters. The Morgan fingerprint density at radius 2 is 2.29 bits per heavy atom. The maximum Gasteiger partial charge on any atom is 0.341 e. The van der Waals surface area contributed by atoms with Crippen LogP contribution in [0.4, 0.5) is 5.69 Å². The van der Waals surface area contributed by atoms with Crippen LogP contribution < -0.4 is 5.32 Å². The number of esters is 1. The molecular weight excluding hydrogens is 307 g/mol. The van der Waals surface area contributed by atoms with Gasteiger partial charge in [0.15, 0.2) is 0 Å². The summed E-state index contributed by atoms with van der Waals surface area (Å²) in [5, 5.41) is 3.47. The predicted octanol–water partition coefficient (Wildman–Crippen LogP) is 3.35. The van der Waals surface area contributed by atoms with Gasteiger partial charge in [0.25, 0.3) is 0 Å². The number of methoxy groups -OCH3 is 1. The van der Waals surface area contributed by atoms with E-state index in [0.29, 0.717) is 26.8 Å². The molecule has 1 rings (SSSR count). The Morgan fingerprint density at radius 1 is 1.65 bits per heavy atom. The number of anilines is 1. The van der Waals surface area contributed by atoms with E-state index in [0.717, 1.165) is 6.54 Å². The van der Waals surface area contributed by atoms with Crippen LogP contribution in [0.25, 0.3) is 0 Å². The third-order valence-corrected chi connectivity index (χ3v) is 3.36. The Balaban J connectivity index is 3.12. The highest BCUT2D eigenvalue weighted by Gasteiger charge is 2.17. The monoisotopic (exact) mass is 320 g/mol. The summed E-state index contributed by atoms with van der Waals surface area (Å²) in [5.74, 6) is 0.000426. The molecule has 94 valence electrons. The van der Waals surface area contributed by atoms with Crippen LogP contribution in [-0.2, 0) is 4.74 Å². The second-order valence-electron chi connectivity index (χ2n) is 3.92. The van der Waals surface area contributed by atoms with Crippen LogP contribution in [0.5, 0.6) is 0 Å². The molecule has 0 fully saturated rings. The van der Waals surface area contributed by atoms with Gasteiger partial charge < -0.3 is 10.1 Å². The van der Waals surface area contributed by atoms with Gasteiger partial charge in [-0.05, 0) is 21.8 Å². The lowest BCUT2D eigenvalue weighted by molar-refractivity contribution is 0.0601.